The number of benzene rings is 2. The van der Waals surface area contributed by atoms with E-state index in [9.17, 15) is 14.7 Å². The molecule has 0 unspecified atom stereocenters. The molecule has 0 aliphatic rings. The first-order chi connectivity index (χ1) is 11.5. The van der Waals surface area contributed by atoms with Crippen molar-refractivity contribution < 1.29 is 19.4 Å². The molecule has 126 valence electrons. The van der Waals surface area contributed by atoms with Crippen molar-refractivity contribution in [2.75, 3.05) is 18.5 Å². The molecule has 0 aromatic heterocycles. The first-order valence-electron chi connectivity index (χ1n) is 7.29. The van der Waals surface area contributed by atoms with Crippen molar-refractivity contribution in [1.82, 2.24) is 5.32 Å². The van der Waals surface area contributed by atoms with Crippen molar-refractivity contribution in [3.05, 3.63) is 52.5 Å². The second-order valence-electron chi connectivity index (χ2n) is 4.85. The van der Waals surface area contributed by atoms with Crippen LogP contribution in [0.2, 0.25) is 0 Å². The maximum Gasteiger partial charge on any atom is 0.255 e. The number of aromatic hydroxyl groups is 1. The highest BCUT2D eigenvalue weighted by molar-refractivity contribution is 9.10. The molecule has 2 aromatic carbocycles. The lowest BCUT2D eigenvalue weighted by Crippen LogP contribution is -2.32. The van der Waals surface area contributed by atoms with Crippen molar-refractivity contribution >= 4 is 33.4 Å². The number of hydrogen-bond donors (Lipinski definition) is 3. The average Bonchev–Trinajstić information content (AvgIpc) is 2.57. The molecule has 0 heterocycles. The van der Waals surface area contributed by atoms with Crippen LogP contribution in [0.4, 0.5) is 5.69 Å². The lowest BCUT2D eigenvalue weighted by molar-refractivity contribution is -0.115. The molecule has 6 nitrogen and oxygen atoms in total. The minimum atomic E-state index is -0.532. The zero-order valence-electron chi connectivity index (χ0n) is 13.0. The summed E-state index contributed by atoms with van der Waals surface area (Å²) in [6, 6.07) is 11.4. The molecular weight excluding hydrogens is 376 g/mol. The third kappa shape index (κ3) is 4.99. The number of ether oxygens (including phenoxy) is 1. The van der Waals surface area contributed by atoms with Gasteiger partial charge in [0.05, 0.1) is 18.7 Å². The van der Waals surface area contributed by atoms with Crippen LogP contribution in [0.1, 0.15) is 17.3 Å². The highest BCUT2D eigenvalue weighted by Crippen LogP contribution is 2.21. The van der Waals surface area contributed by atoms with Crippen LogP contribution in [-0.4, -0.2) is 30.1 Å². The SMILES string of the molecule is CCOc1ccc(NC(=O)CNC(=O)c2cc(Br)ccc2O)cc1. The molecule has 0 spiro atoms. The van der Waals surface area contributed by atoms with Crippen molar-refractivity contribution in [2.45, 2.75) is 6.92 Å². The largest absolute Gasteiger partial charge is 0.507 e. The van der Waals surface area contributed by atoms with Crippen LogP contribution in [-0.2, 0) is 4.79 Å². The Morgan fingerprint density at radius 1 is 1.17 bits per heavy atom. The van der Waals surface area contributed by atoms with Crippen molar-refractivity contribution in [2.24, 2.45) is 0 Å². The monoisotopic (exact) mass is 392 g/mol. The number of hydrogen-bond acceptors (Lipinski definition) is 4. The third-order valence-electron chi connectivity index (χ3n) is 3.06. The van der Waals surface area contributed by atoms with Gasteiger partial charge < -0.3 is 20.5 Å². The van der Waals surface area contributed by atoms with Crippen LogP contribution < -0.4 is 15.4 Å². The highest BCUT2D eigenvalue weighted by Gasteiger charge is 2.13. The molecule has 0 aliphatic carbocycles. The first kappa shape index (κ1) is 17.8. The first-order valence-corrected chi connectivity index (χ1v) is 8.08. The van der Waals surface area contributed by atoms with Gasteiger partial charge in [-0.15, -0.1) is 0 Å². The van der Waals surface area contributed by atoms with E-state index < -0.39 is 5.91 Å². The summed E-state index contributed by atoms with van der Waals surface area (Å²) in [5, 5.41) is 14.8. The summed E-state index contributed by atoms with van der Waals surface area (Å²) in [6.07, 6.45) is 0. The molecule has 0 atom stereocenters. The Labute approximate surface area is 148 Å². The van der Waals surface area contributed by atoms with E-state index in [0.29, 0.717) is 22.5 Å². The average molecular weight is 393 g/mol. The number of amides is 2. The molecule has 0 saturated carbocycles. The lowest BCUT2D eigenvalue weighted by Gasteiger charge is -2.09. The Morgan fingerprint density at radius 2 is 1.88 bits per heavy atom. The minimum absolute atomic E-state index is 0.0956. The molecule has 0 radical (unpaired) electrons. The summed E-state index contributed by atoms with van der Waals surface area (Å²) in [5.41, 5.74) is 0.696. The van der Waals surface area contributed by atoms with E-state index in [1.165, 1.54) is 12.1 Å². The van der Waals surface area contributed by atoms with E-state index >= 15 is 0 Å². The Bertz CT molecular complexity index is 732. The summed E-state index contributed by atoms with van der Waals surface area (Å²) < 4.78 is 5.97. The fraction of sp³-hybridized carbons (Fsp3) is 0.176. The Hall–Kier alpha value is -2.54. The normalized spacial score (nSPS) is 10.1. The van der Waals surface area contributed by atoms with Crippen LogP contribution in [0.15, 0.2) is 46.9 Å². The molecule has 2 rings (SSSR count). The predicted octanol–water partition coefficient (Wildman–Crippen LogP) is 2.92. The topological polar surface area (TPSA) is 87.7 Å². The summed E-state index contributed by atoms with van der Waals surface area (Å²) in [4.78, 5) is 23.9. The number of halogens is 1. The summed E-state index contributed by atoms with van der Waals surface area (Å²) >= 11 is 3.23. The van der Waals surface area contributed by atoms with Crippen molar-refractivity contribution in [3.8, 4) is 11.5 Å². The Morgan fingerprint density at radius 3 is 2.54 bits per heavy atom. The summed E-state index contributed by atoms with van der Waals surface area (Å²) in [6.45, 7) is 2.25. The molecule has 0 bridgehead atoms. The van der Waals surface area contributed by atoms with Crippen LogP contribution in [0.25, 0.3) is 0 Å². The molecule has 2 amide bonds. The van der Waals surface area contributed by atoms with Gasteiger partial charge in [-0.25, -0.2) is 0 Å². The van der Waals surface area contributed by atoms with E-state index in [1.807, 2.05) is 6.92 Å². The maximum absolute atomic E-state index is 12.0. The lowest BCUT2D eigenvalue weighted by atomic mass is 10.2. The quantitative estimate of drug-likeness (QED) is 0.704. The molecule has 0 fully saturated rings. The van der Waals surface area contributed by atoms with Gasteiger partial charge in [-0.05, 0) is 49.4 Å². The zero-order chi connectivity index (χ0) is 17.5. The summed E-state index contributed by atoms with van der Waals surface area (Å²) in [7, 11) is 0. The molecular formula is C17H17BrN2O4. The van der Waals surface area contributed by atoms with Gasteiger partial charge in [0.25, 0.3) is 5.91 Å². The number of anilines is 1. The third-order valence-corrected chi connectivity index (χ3v) is 3.56. The van der Waals surface area contributed by atoms with Gasteiger partial charge in [-0.2, -0.15) is 0 Å². The number of nitrogens with one attached hydrogen (secondary N) is 2. The molecule has 2 aromatic rings. The molecule has 24 heavy (non-hydrogen) atoms. The van der Waals surface area contributed by atoms with Gasteiger partial charge in [0.2, 0.25) is 5.91 Å². The minimum Gasteiger partial charge on any atom is -0.507 e. The highest BCUT2D eigenvalue weighted by atomic mass is 79.9. The predicted molar refractivity (Wildman–Crippen MR) is 94.4 cm³/mol. The van der Waals surface area contributed by atoms with E-state index in [1.54, 1.807) is 30.3 Å². The molecule has 3 N–H and O–H groups in total. The van der Waals surface area contributed by atoms with Crippen LogP contribution in [0.5, 0.6) is 11.5 Å². The van der Waals surface area contributed by atoms with Gasteiger partial charge in [0.15, 0.2) is 0 Å². The molecule has 7 heteroatoms. The Kier molecular flexibility index (Phi) is 6.20. The number of phenols is 1. The number of carbonyl (C=O) groups excluding carboxylic acids is 2. The Balaban J connectivity index is 1.88. The maximum atomic E-state index is 12.0. The fourth-order valence-corrected chi connectivity index (χ4v) is 2.31. The van der Waals surface area contributed by atoms with Crippen molar-refractivity contribution in [3.63, 3.8) is 0 Å². The van der Waals surface area contributed by atoms with Crippen LogP contribution >= 0.6 is 15.9 Å². The zero-order valence-corrected chi connectivity index (χ0v) is 14.6. The number of carbonyl (C=O) groups is 2. The fourth-order valence-electron chi connectivity index (χ4n) is 1.95. The van der Waals surface area contributed by atoms with E-state index in [4.69, 9.17) is 4.74 Å². The number of phenolic OH excluding ortho intramolecular Hbond substituents is 1. The number of rotatable bonds is 6. The van der Waals surface area contributed by atoms with E-state index in [-0.39, 0.29) is 23.8 Å². The van der Waals surface area contributed by atoms with Crippen LogP contribution in [0, 0.1) is 0 Å². The van der Waals surface area contributed by atoms with E-state index in [2.05, 4.69) is 26.6 Å². The van der Waals surface area contributed by atoms with Gasteiger partial charge in [0.1, 0.15) is 11.5 Å². The molecule has 0 saturated heterocycles. The van der Waals surface area contributed by atoms with Crippen LogP contribution in [0.3, 0.4) is 0 Å². The van der Waals surface area contributed by atoms with Gasteiger partial charge in [-0.1, -0.05) is 15.9 Å². The standard InChI is InChI=1S/C17H17BrN2O4/c1-2-24-13-6-4-12(5-7-13)20-16(22)10-19-17(23)14-9-11(18)3-8-15(14)21/h3-9,21H,2,10H2,1H3,(H,19,23)(H,20,22). The van der Waals surface area contributed by atoms with Crippen molar-refractivity contribution in [1.29, 1.82) is 0 Å². The van der Waals surface area contributed by atoms with Gasteiger partial charge >= 0.3 is 0 Å². The van der Waals surface area contributed by atoms with Gasteiger partial charge in [-0.3, -0.25) is 9.59 Å². The van der Waals surface area contributed by atoms with E-state index in [0.717, 1.165) is 0 Å². The second-order valence-corrected chi connectivity index (χ2v) is 5.77. The van der Waals surface area contributed by atoms with Gasteiger partial charge in [0, 0.05) is 10.2 Å². The second kappa shape index (κ2) is 8.35. The summed E-state index contributed by atoms with van der Waals surface area (Å²) in [5.74, 6) is -0.339. The smallest absolute Gasteiger partial charge is 0.255 e. The molecule has 0 aliphatic heterocycles.